The minimum absolute atomic E-state index is 0.0519. The van der Waals surface area contributed by atoms with Gasteiger partial charge in [0.2, 0.25) is 0 Å². The van der Waals surface area contributed by atoms with Crippen LogP contribution < -0.4 is 10.6 Å². The molecule has 3 nitrogen and oxygen atoms in total. The van der Waals surface area contributed by atoms with Gasteiger partial charge in [-0.15, -0.1) is 11.3 Å². The summed E-state index contributed by atoms with van der Waals surface area (Å²) in [5.41, 5.74) is 0.784. The van der Waals surface area contributed by atoms with Crippen LogP contribution in [-0.2, 0) is 0 Å². The lowest BCUT2D eigenvalue weighted by atomic mass is 10.0. The molecule has 5 heteroatoms. The minimum atomic E-state index is 0.0519. The first-order valence-electron chi connectivity index (χ1n) is 4.48. The maximum Gasteiger partial charge on any atom is 0.252 e. The third-order valence-electron chi connectivity index (χ3n) is 2.25. The second-order valence-electron chi connectivity index (χ2n) is 3.37. The van der Waals surface area contributed by atoms with Crippen molar-refractivity contribution in [1.82, 2.24) is 10.6 Å². The van der Waals surface area contributed by atoms with E-state index < -0.39 is 0 Å². The summed E-state index contributed by atoms with van der Waals surface area (Å²) >= 11 is 3.82. The summed E-state index contributed by atoms with van der Waals surface area (Å²) in [7, 11) is 0. The van der Waals surface area contributed by atoms with Crippen molar-refractivity contribution in [1.29, 1.82) is 0 Å². The van der Waals surface area contributed by atoms with Crippen LogP contribution in [0.15, 0.2) is 11.4 Å². The Morgan fingerprint density at radius 1 is 1.71 bits per heavy atom. The van der Waals surface area contributed by atoms with Crippen LogP contribution in [0.1, 0.15) is 10.4 Å². The van der Waals surface area contributed by atoms with Crippen molar-refractivity contribution < 1.29 is 4.79 Å². The van der Waals surface area contributed by atoms with E-state index in [2.05, 4.69) is 33.2 Å². The number of hydrogen-bond acceptors (Lipinski definition) is 3. The number of carbonyl (C=O) groups is 1. The Morgan fingerprint density at radius 2 is 2.50 bits per heavy atom. The highest BCUT2D eigenvalue weighted by Gasteiger charge is 2.17. The molecule has 0 atom stereocenters. The number of hydrogen-bond donors (Lipinski definition) is 2. The van der Waals surface area contributed by atoms with E-state index in [1.54, 1.807) is 11.3 Å². The summed E-state index contributed by atoms with van der Waals surface area (Å²) in [5, 5.41) is 8.02. The molecule has 1 aliphatic heterocycles. The zero-order valence-electron chi connectivity index (χ0n) is 7.55. The van der Waals surface area contributed by atoms with E-state index in [1.165, 1.54) is 0 Å². The van der Waals surface area contributed by atoms with Crippen molar-refractivity contribution in [3.63, 3.8) is 0 Å². The molecule has 14 heavy (non-hydrogen) atoms. The fourth-order valence-electron chi connectivity index (χ4n) is 1.26. The molecule has 1 saturated heterocycles. The SMILES string of the molecule is O=C(NCC1CNC1)c1csc(I)c1. The summed E-state index contributed by atoms with van der Waals surface area (Å²) in [4.78, 5) is 11.6. The van der Waals surface area contributed by atoms with Gasteiger partial charge < -0.3 is 10.6 Å². The van der Waals surface area contributed by atoms with E-state index in [1.807, 2.05) is 11.4 Å². The maximum atomic E-state index is 11.6. The number of amides is 1. The van der Waals surface area contributed by atoms with Crippen LogP contribution in [0, 0.1) is 8.80 Å². The van der Waals surface area contributed by atoms with E-state index in [-0.39, 0.29) is 5.91 Å². The minimum Gasteiger partial charge on any atom is -0.352 e. The van der Waals surface area contributed by atoms with Crippen molar-refractivity contribution >= 4 is 39.8 Å². The highest BCUT2D eigenvalue weighted by atomic mass is 127. The van der Waals surface area contributed by atoms with Crippen LogP contribution in [0.2, 0.25) is 0 Å². The molecule has 0 bridgehead atoms. The van der Waals surface area contributed by atoms with Gasteiger partial charge in [-0.05, 0) is 28.7 Å². The number of carbonyl (C=O) groups excluding carboxylic acids is 1. The van der Waals surface area contributed by atoms with Crippen LogP contribution in [0.25, 0.3) is 0 Å². The van der Waals surface area contributed by atoms with Gasteiger partial charge in [-0.2, -0.15) is 0 Å². The fraction of sp³-hybridized carbons (Fsp3) is 0.444. The van der Waals surface area contributed by atoms with E-state index >= 15 is 0 Å². The quantitative estimate of drug-likeness (QED) is 0.824. The summed E-state index contributed by atoms with van der Waals surface area (Å²) in [6, 6.07) is 1.92. The van der Waals surface area contributed by atoms with Gasteiger partial charge in [-0.3, -0.25) is 4.79 Å². The Labute approximate surface area is 100 Å². The largest absolute Gasteiger partial charge is 0.352 e. The number of thiophene rings is 1. The molecular weight excluding hydrogens is 311 g/mol. The summed E-state index contributed by atoms with van der Waals surface area (Å²) in [5.74, 6) is 0.674. The van der Waals surface area contributed by atoms with E-state index in [4.69, 9.17) is 0 Å². The predicted molar refractivity (Wildman–Crippen MR) is 65.7 cm³/mol. The first kappa shape index (κ1) is 10.4. The molecule has 0 radical (unpaired) electrons. The Kier molecular flexibility index (Phi) is 3.40. The lowest BCUT2D eigenvalue weighted by Crippen LogP contribution is -2.48. The summed E-state index contributed by atoms with van der Waals surface area (Å²) in [6.07, 6.45) is 0. The van der Waals surface area contributed by atoms with Crippen LogP contribution >= 0.6 is 33.9 Å². The second-order valence-corrected chi connectivity index (χ2v) is 6.18. The first-order valence-corrected chi connectivity index (χ1v) is 6.44. The van der Waals surface area contributed by atoms with Gasteiger partial charge >= 0.3 is 0 Å². The summed E-state index contributed by atoms with van der Waals surface area (Å²) < 4.78 is 1.15. The molecule has 1 amide bonds. The predicted octanol–water partition coefficient (Wildman–Crippen LogP) is 1.30. The molecule has 2 rings (SSSR count). The molecule has 0 aromatic carbocycles. The molecule has 0 unspecified atom stereocenters. The number of rotatable bonds is 3. The molecule has 2 heterocycles. The average molecular weight is 322 g/mol. The number of halogens is 1. The topological polar surface area (TPSA) is 41.1 Å². The van der Waals surface area contributed by atoms with Crippen LogP contribution in [-0.4, -0.2) is 25.5 Å². The Bertz CT molecular complexity index is 335. The van der Waals surface area contributed by atoms with Gasteiger partial charge in [0.1, 0.15) is 0 Å². The van der Waals surface area contributed by atoms with Gasteiger partial charge in [0.05, 0.1) is 8.45 Å². The molecule has 1 aromatic heterocycles. The fourth-order valence-corrected chi connectivity index (χ4v) is 2.59. The van der Waals surface area contributed by atoms with Crippen LogP contribution in [0.4, 0.5) is 0 Å². The average Bonchev–Trinajstić information content (AvgIpc) is 2.49. The van der Waals surface area contributed by atoms with E-state index in [0.717, 1.165) is 28.1 Å². The Hall–Kier alpha value is -0.140. The third-order valence-corrected chi connectivity index (χ3v) is 4.04. The van der Waals surface area contributed by atoms with Crippen molar-refractivity contribution in [3.8, 4) is 0 Å². The maximum absolute atomic E-state index is 11.6. The van der Waals surface area contributed by atoms with Crippen LogP contribution in [0.3, 0.4) is 0 Å². The highest BCUT2D eigenvalue weighted by Crippen LogP contribution is 2.16. The smallest absolute Gasteiger partial charge is 0.252 e. The molecular formula is C9H11IN2OS. The molecule has 0 saturated carbocycles. The monoisotopic (exact) mass is 322 g/mol. The van der Waals surface area contributed by atoms with Crippen LogP contribution in [0.5, 0.6) is 0 Å². The molecule has 1 fully saturated rings. The van der Waals surface area contributed by atoms with Gasteiger partial charge in [0.25, 0.3) is 5.91 Å². The highest BCUT2D eigenvalue weighted by molar-refractivity contribution is 14.1. The summed E-state index contributed by atoms with van der Waals surface area (Å²) in [6.45, 7) is 2.85. The Morgan fingerprint density at radius 3 is 3.00 bits per heavy atom. The zero-order valence-corrected chi connectivity index (χ0v) is 10.5. The molecule has 1 aliphatic rings. The second kappa shape index (κ2) is 4.59. The van der Waals surface area contributed by atoms with Gasteiger partial charge in [-0.25, -0.2) is 0 Å². The standard InChI is InChI=1S/C9H11IN2OS/c10-8-1-7(5-14-8)9(13)12-4-6-2-11-3-6/h1,5-6,11H,2-4H2,(H,12,13). The van der Waals surface area contributed by atoms with Gasteiger partial charge in [-0.1, -0.05) is 0 Å². The lowest BCUT2D eigenvalue weighted by Gasteiger charge is -2.26. The van der Waals surface area contributed by atoms with E-state index in [0.29, 0.717) is 5.92 Å². The van der Waals surface area contributed by atoms with Crippen molar-refractivity contribution in [2.45, 2.75) is 0 Å². The van der Waals surface area contributed by atoms with Crippen molar-refractivity contribution in [2.24, 2.45) is 5.92 Å². The normalized spacial score (nSPS) is 16.4. The third kappa shape index (κ3) is 2.46. The zero-order chi connectivity index (χ0) is 9.97. The molecule has 1 aromatic rings. The lowest BCUT2D eigenvalue weighted by molar-refractivity contribution is 0.0942. The van der Waals surface area contributed by atoms with E-state index in [9.17, 15) is 4.79 Å². The molecule has 0 spiro atoms. The van der Waals surface area contributed by atoms with Crippen molar-refractivity contribution in [3.05, 3.63) is 19.9 Å². The first-order chi connectivity index (χ1) is 6.75. The van der Waals surface area contributed by atoms with Gasteiger partial charge in [0.15, 0.2) is 0 Å². The molecule has 76 valence electrons. The van der Waals surface area contributed by atoms with Gasteiger partial charge in [0, 0.05) is 30.9 Å². The number of nitrogens with one attached hydrogen (secondary N) is 2. The molecule has 2 N–H and O–H groups in total. The molecule has 0 aliphatic carbocycles. The van der Waals surface area contributed by atoms with Crippen molar-refractivity contribution in [2.75, 3.05) is 19.6 Å². The Balaban J connectivity index is 1.82.